The molecule has 0 saturated heterocycles. The van der Waals surface area contributed by atoms with Crippen molar-refractivity contribution < 1.29 is 47.6 Å². The second-order valence-electron chi connectivity index (χ2n) is 10.8. The summed E-state index contributed by atoms with van der Waals surface area (Å²) in [4.78, 5) is 0. The van der Waals surface area contributed by atoms with Crippen LogP contribution < -0.4 is 39.9 Å². The van der Waals surface area contributed by atoms with Crippen LogP contribution in [0.4, 0.5) is 0 Å². The summed E-state index contributed by atoms with van der Waals surface area (Å²) in [6.45, 7) is 0. The van der Waals surface area contributed by atoms with E-state index in [2.05, 4.69) is 158 Å². The molecule has 0 saturated carbocycles. The first-order valence-electron chi connectivity index (χ1n) is 15.9. The Labute approximate surface area is 337 Å². The minimum atomic E-state index is -3.27. The van der Waals surface area contributed by atoms with Crippen LogP contribution in [0.1, 0.15) is 0 Å². The number of rotatable bonds is 8. The maximum Gasteiger partial charge on any atom is 2.00 e. The molecule has 51 heavy (non-hydrogen) atoms. The van der Waals surface area contributed by atoms with E-state index in [0.717, 1.165) is 8.07 Å². The van der Waals surface area contributed by atoms with Gasteiger partial charge in [-0.25, -0.2) is 24.3 Å². The van der Waals surface area contributed by atoms with Gasteiger partial charge in [0, 0.05) is 0 Å². The van der Waals surface area contributed by atoms with Crippen LogP contribution in [0.25, 0.3) is 0 Å². The van der Waals surface area contributed by atoms with Crippen LogP contribution >= 0.6 is 34.9 Å². The van der Waals surface area contributed by atoms with Crippen molar-refractivity contribution in [2.45, 2.75) is 0 Å². The second-order valence-corrected chi connectivity index (χ2v) is 23.6. The molecule has 0 atom stereocenters. The van der Waals surface area contributed by atoms with E-state index < -0.39 is 29.3 Å². The van der Waals surface area contributed by atoms with Crippen LogP contribution in [0.2, 0.25) is 0 Å². The van der Waals surface area contributed by atoms with Gasteiger partial charge in [0.1, 0.15) is 0 Å². The standard InChI is InChI=1S/2C17H13P.2C5H5.2ClH.2Fe.Pd/c2*1-3-9-15(10-4-1)18(17-13-7-8-14-17)16-11-5-2-6-12-16;2*1-2-4-5-3-1;;;;;/h2*1-13H;2*1-5H;2*1H;;;/q4*-1;;;2*+2;/p-2. The second kappa shape index (κ2) is 21.2. The number of hydrogen-bond donors (Lipinski definition) is 0. The van der Waals surface area contributed by atoms with Gasteiger partial charge in [0.15, 0.2) is 0 Å². The summed E-state index contributed by atoms with van der Waals surface area (Å²) in [6.07, 6.45) is 0. The van der Waals surface area contributed by atoms with Crippen molar-refractivity contribution in [2.24, 2.45) is 0 Å². The van der Waals surface area contributed by atoms with Crippen molar-refractivity contribution in [3.63, 3.8) is 0 Å². The van der Waals surface area contributed by atoms with E-state index in [1.54, 1.807) is 0 Å². The molecule has 8 aromatic carbocycles. The van der Waals surface area contributed by atoms with E-state index in [1.807, 2.05) is 60.7 Å². The summed E-state index contributed by atoms with van der Waals surface area (Å²) in [5.41, 5.74) is 0. The largest absolute Gasteiger partial charge is 2.00 e. The van der Waals surface area contributed by atoms with Crippen LogP contribution in [0.15, 0.2) is 218 Å². The van der Waals surface area contributed by atoms with Crippen molar-refractivity contribution in [1.82, 2.24) is 0 Å². The normalized spacial score (nSPS) is 10.9. The summed E-state index contributed by atoms with van der Waals surface area (Å²) in [7, 11) is 13.7. The molecule has 0 spiro atoms. The van der Waals surface area contributed by atoms with Gasteiger partial charge in [-0.05, 0) is 0 Å². The van der Waals surface area contributed by atoms with Gasteiger partial charge in [-0.3, -0.25) is 0 Å². The SMILES string of the molecule is [Cl][Pd-2]([Cl])([c-]1cccc1P(c1ccccc1)c1ccccc1)[c-]1cccc1P(c1ccccc1)c1ccccc1.[Fe+2].[Fe+2].c1cc[cH-]c1.c1cc[cH-]c1. The van der Waals surface area contributed by atoms with Gasteiger partial charge >= 0.3 is 280 Å². The molecule has 8 rings (SSSR count). The molecule has 0 nitrogen and oxygen atoms in total. The molecule has 0 bridgehead atoms. The molecule has 8 aromatic rings. The van der Waals surface area contributed by atoms with E-state index in [0.29, 0.717) is 0 Å². The Hall–Kier alpha value is -2.58. The van der Waals surface area contributed by atoms with E-state index >= 15 is 0 Å². The number of benzene rings is 4. The molecule has 264 valence electrons. The van der Waals surface area contributed by atoms with Crippen LogP contribution in [0.3, 0.4) is 0 Å². The molecule has 0 heterocycles. The summed E-state index contributed by atoms with van der Waals surface area (Å²) in [5.74, 6) is 0. The summed E-state index contributed by atoms with van der Waals surface area (Å²) in [5, 5.41) is 7.68. The third kappa shape index (κ3) is 10.7. The molecule has 0 fully saturated rings. The van der Waals surface area contributed by atoms with Crippen LogP contribution in [0.5, 0.6) is 0 Å². The molecule has 0 unspecified atom stereocenters. The van der Waals surface area contributed by atoms with Gasteiger partial charge in [0.2, 0.25) is 0 Å². The Balaban J connectivity index is 0.000000419. The Bertz CT molecular complexity index is 1780. The third-order valence-corrected chi connectivity index (χ3v) is 19.6. The molecule has 7 heteroatoms. The zero-order valence-electron chi connectivity index (χ0n) is 27.5. The predicted octanol–water partition coefficient (Wildman–Crippen LogP) is 8.86. The third-order valence-electron chi connectivity index (χ3n) is 7.51. The zero-order valence-corrected chi connectivity index (χ0v) is 34.5. The maximum atomic E-state index is 7.65. The molecule has 0 aliphatic carbocycles. The molecule has 0 aliphatic rings. The molecule has 0 aliphatic heterocycles. The van der Waals surface area contributed by atoms with Gasteiger partial charge in [-0.1, -0.05) is 0 Å². The van der Waals surface area contributed by atoms with Crippen molar-refractivity contribution in [1.29, 1.82) is 0 Å². The topological polar surface area (TPSA) is 0 Å². The first kappa shape index (κ1) is 41.2. The molecular formula is C44H36Cl2Fe2P2Pd-2. The molecule has 0 radical (unpaired) electrons. The van der Waals surface area contributed by atoms with E-state index in [1.165, 1.54) is 31.8 Å². The minimum Gasteiger partial charge on any atom is -0.214 e. The maximum absolute atomic E-state index is 7.65. The number of hydrogen-bond acceptors (Lipinski definition) is 0. The van der Waals surface area contributed by atoms with Gasteiger partial charge in [-0.2, -0.15) is 36.4 Å². The Morgan fingerprint density at radius 1 is 0.373 bits per heavy atom. The van der Waals surface area contributed by atoms with Gasteiger partial charge in [0.25, 0.3) is 0 Å². The van der Waals surface area contributed by atoms with Crippen molar-refractivity contribution >= 4 is 74.8 Å². The average molecular weight is 916 g/mol. The fourth-order valence-electron chi connectivity index (χ4n) is 5.34. The van der Waals surface area contributed by atoms with E-state index in [-0.39, 0.29) is 34.1 Å². The van der Waals surface area contributed by atoms with Crippen LogP contribution in [0, 0.1) is 0 Å². The number of halogens is 2. The molecule has 0 N–H and O–H groups in total. The van der Waals surface area contributed by atoms with Gasteiger partial charge in [-0.15, -0.1) is 0 Å². The van der Waals surface area contributed by atoms with Crippen molar-refractivity contribution in [2.75, 3.05) is 0 Å². The summed E-state index contributed by atoms with van der Waals surface area (Å²) in [6, 6.07) is 76.0. The van der Waals surface area contributed by atoms with Gasteiger partial charge < -0.3 is 0 Å². The fourth-order valence-corrected chi connectivity index (χ4v) is 18.4. The zero-order chi connectivity index (χ0) is 33.7. The molecule has 0 amide bonds. The smallest absolute Gasteiger partial charge is 0.214 e. The predicted molar refractivity (Wildman–Crippen MR) is 217 cm³/mol. The Morgan fingerprint density at radius 2 is 0.647 bits per heavy atom. The van der Waals surface area contributed by atoms with Crippen LogP contribution in [-0.4, -0.2) is 0 Å². The summed E-state index contributed by atoms with van der Waals surface area (Å²) >= 11 is -3.27. The Kier molecular flexibility index (Phi) is 17.1. The monoisotopic (exact) mass is 914 g/mol. The van der Waals surface area contributed by atoms with Crippen molar-refractivity contribution in [3.8, 4) is 0 Å². The van der Waals surface area contributed by atoms with E-state index in [4.69, 9.17) is 19.1 Å². The molecule has 0 aromatic heterocycles. The molecular weight excluding hydrogens is 879 g/mol. The van der Waals surface area contributed by atoms with E-state index in [9.17, 15) is 0 Å². The van der Waals surface area contributed by atoms with Crippen molar-refractivity contribution in [3.05, 3.63) is 218 Å². The Morgan fingerprint density at radius 3 is 0.882 bits per heavy atom. The summed E-state index contributed by atoms with van der Waals surface area (Å²) < 4.78 is 2.20. The minimum absolute atomic E-state index is 0. The van der Waals surface area contributed by atoms with Crippen LogP contribution in [-0.2, 0) is 47.6 Å². The van der Waals surface area contributed by atoms with Gasteiger partial charge in [0.05, 0.1) is 0 Å². The first-order chi connectivity index (χ1) is 24.1. The quantitative estimate of drug-likeness (QED) is 0.0813. The first-order valence-corrected chi connectivity index (χ1v) is 24.1. The fraction of sp³-hybridized carbons (Fsp3) is 0. The average Bonchev–Trinajstić information content (AvgIpc) is 4.00.